The van der Waals surface area contributed by atoms with Gasteiger partial charge in [0.15, 0.2) is 17.4 Å². The molecular weight excluding hydrogens is 481 g/mol. The van der Waals surface area contributed by atoms with Crippen LogP contribution in [0.4, 0.5) is 32.2 Å². The summed E-state index contributed by atoms with van der Waals surface area (Å²) in [4.78, 5) is 3.23. The van der Waals surface area contributed by atoms with Gasteiger partial charge in [0.25, 0.3) is 0 Å². The molecule has 0 fully saturated rings. The lowest BCUT2D eigenvalue weighted by Crippen LogP contribution is -2.07. The molecule has 1 aromatic carbocycles. The summed E-state index contributed by atoms with van der Waals surface area (Å²) in [6.07, 6.45) is -4.77. The molecular formula is C16H10Cl2F6N4OS. The van der Waals surface area contributed by atoms with Crippen molar-refractivity contribution in [1.29, 1.82) is 5.26 Å². The molecule has 0 N–H and O–H groups in total. The zero-order chi connectivity index (χ0) is 22.9. The van der Waals surface area contributed by atoms with E-state index in [9.17, 15) is 31.6 Å². The van der Waals surface area contributed by atoms with Crippen LogP contribution < -0.4 is 0 Å². The Labute approximate surface area is 180 Å². The minimum Gasteiger partial charge on any atom is -0.481 e. The van der Waals surface area contributed by atoms with Crippen LogP contribution in [0.2, 0.25) is 10.0 Å². The molecule has 0 amide bonds. The number of nitriles is 1. The fourth-order valence-electron chi connectivity index (χ4n) is 2.25. The number of alkyl halides is 6. The fourth-order valence-corrected chi connectivity index (χ4v) is 3.54. The lowest BCUT2D eigenvalue weighted by atomic mass is 10.2. The first kappa shape index (κ1) is 24.2. The monoisotopic (exact) mass is 490 g/mol. The topological polar surface area (TPSA) is 63.2 Å². The van der Waals surface area contributed by atoms with Gasteiger partial charge < -0.3 is 4.74 Å². The van der Waals surface area contributed by atoms with E-state index in [1.54, 1.807) is 6.92 Å². The Kier molecular flexibility index (Phi) is 7.21. The van der Waals surface area contributed by atoms with Crippen LogP contribution in [-0.2, 0) is 10.9 Å². The molecule has 0 aliphatic carbocycles. The van der Waals surface area contributed by atoms with Gasteiger partial charge in [-0.3, -0.25) is 0 Å². The number of hydrogen-bond acceptors (Lipinski definition) is 5. The van der Waals surface area contributed by atoms with Crippen molar-refractivity contribution < 1.29 is 31.1 Å². The molecule has 0 atom stereocenters. The molecule has 0 spiro atoms. The van der Waals surface area contributed by atoms with Crippen LogP contribution in [0, 0.1) is 11.3 Å². The lowest BCUT2D eigenvalue weighted by molar-refractivity contribution is -0.137. The second kappa shape index (κ2) is 8.95. The lowest BCUT2D eigenvalue weighted by Gasteiger charge is -2.14. The van der Waals surface area contributed by atoms with Crippen LogP contribution in [0.15, 0.2) is 22.0 Å². The van der Waals surface area contributed by atoms with Crippen molar-refractivity contribution in [3.63, 3.8) is 0 Å². The molecule has 0 radical (unpaired) electrons. The molecule has 0 unspecified atom stereocenters. The highest BCUT2D eigenvalue weighted by atomic mass is 35.5. The van der Waals surface area contributed by atoms with Crippen LogP contribution in [-0.4, -0.2) is 27.8 Å². The number of hydrogen-bond donors (Lipinski definition) is 0. The van der Waals surface area contributed by atoms with Crippen LogP contribution >= 0.6 is 35.0 Å². The summed E-state index contributed by atoms with van der Waals surface area (Å²) in [5.41, 5.74) is -7.03. The molecule has 0 saturated carbocycles. The number of thioether (sulfide) groups is 1. The molecule has 0 bridgehead atoms. The first-order valence-corrected chi connectivity index (χ1v) is 9.39. The number of nitrogens with zero attached hydrogens (tertiary/aromatic N) is 4. The number of benzene rings is 1. The molecule has 2 aromatic rings. The zero-order valence-electron chi connectivity index (χ0n) is 15.0. The van der Waals surface area contributed by atoms with Gasteiger partial charge in [-0.05, 0) is 30.8 Å². The number of halogens is 8. The molecule has 5 nitrogen and oxygen atoms in total. The van der Waals surface area contributed by atoms with Gasteiger partial charge in [0.05, 0.1) is 27.1 Å². The molecule has 162 valence electrons. The van der Waals surface area contributed by atoms with Crippen LogP contribution in [0.1, 0.15) is 25.1 Å². The predicted molar refractivity (Wildman–Crippen MR) is 99.6 cm³/mol. The Morgan fingerprint density at radius 1 is 1.23 bits per heavy atom. The number of ether oxygens (including phenoxy) is 1. The van der Waals surface area contributed by atoms with Crippen molar-refractivity contribution in [3.8, 4) is 11.8 Å². The smallest absolute Gasteiger partial charge is 0.446 e. The first-order chi connectivity index (χ1) is 13.8. The molecule has 0 aliphatic heterocycles. The Morgan fingerprint density at radius 2 is 1.80 bits per heavy atom. The molecule has 1 heterocycles. The van der Waals surface area contributed by atoms with Gasteiger partial charge in [-0.25, -0.2) is 4.68 Å². The maximum absolute atomic E-state index is 13.0. The van der Waals surface area contributed by atoms with Gasteiger partial charge >= 0.3 is 11.7 Å². The number of rotatable bonds is 4. The van der Waals surface area contributed by atoms with Crippen molar-refractivity contribution in [1.82, 2.24) is 9.78 Å². The minimum absolute atomic E-state index is 0.0775. The SMILES string of the molecule is CCOC(C)=Nc1c(SC(F)(F)F)c(C#N)nn1-c1c(Cl)cc(C(F)(F)F)cc1Cl. The number of aliphatic imine (C=N–C) groups is 1. The number of aromatic nitrogens is 2. The van der Waals surface area contributed by atoms with Gasteiger partial charge in [0.1, 0.15) is 11.8 Å². The van der Waals surface area contributed by atoms with Gasteiger partial charge in [-0.2, -0.15) is 41.7 Å². The first-order valence-electron chi connectivity index (χ1n) is 7.82. The Hall–Kier alpha value is -2.10. The van der Waals surface area contributed by atoms with E-state index in [0.717, 1.165) is 0 Å². The van der Waals surface area contributed by atoms with Crippen LogP contribution in [0.3, 0.4) is 0 Å². The minimum atomic E-state index is -4.81. The highest BCUT2D eigenvalue weighted by molar-refractivity contribution is 8.00. The van der Waals surface area contributed by atoms with Crippen molar-refractivity contribution in [2.45, 2.75) is 30.4 Å². The highest BCUT2D eigenvalue weighted by Crippen LogP contribution is 2.46. The zero-order valence-corrected chi connectivity index (χ0v) is 17.3. The maximum Gasteiger partial charge on any atom is 0.446 e. The van der Waals surface area contributed by atoms with Crippen molar-refractivity contribution in [2.75, 3.05) is 6.61 Å². The van der Waals surface area contributed by atoms with Gasteiger partial charge in [-0.1, -0.05) is 23.2 Å². The van der Waals surface area contributed by atoms with Crippen LogP contribution in [0.5, 0.6) is 0 Å². The fraction of sp³-hybridized carbons (Fsp3) is 0.312. The van der Waals surface area contributed by atoms with Gasteiger partial charge in [0, 0.05) is 6.92 Å². The molecule has 1 aromatic heterocycles. The molecule has 2 rings (SSSR count). The third-order valence-electron chi connectivity index (χ3n) is 3.32. The molecule has 30 heavy (non-hydrogen) atoms. The largest absolute Gasteiger partial charge is 0.481 e. The normalized spacial score (nSPS) is 12.8. The van der Waals surface area contributed by atoms with E-state index in [2.05, 4.69) is 10.1 Å². The third-order valence-corrected chi connectivity index (χ3v) is 4.70. The second-order valence-corrected chi connectivity index (χ2v) is 7.31. The highest BCUT2D eigenvalue weighted by Gasteiger charge is 2.36. The Bertz CT molecular complexity index is 1000. The summed E-state index contributed by atoms with van der Waals surface area (Å²) in [6.45, 7) is 3.08. The summed E-state index contributed by atoms with van der Waals surface area (Å²) in [7, 11) is 0. The van der Waals surface area contributed by atoms with E-state index in [4.69, 9.17) is 27.9 Å². The van der Waals surface area contributed by atoms with Crippen LogP contribution in [0.25, 0.3) is 5.69 Å². The molecule has 14 heteroatoms. The van der Waals surface area contributed by atoms with E-state index in [1.165, 1.54) is 13.0 Å². The summed E-state index contributed by atoms with van der Waals surface area (Å²) in [5.74, 6) is -0.602. The van der Waals surface area contributed by atoms with E-state index >= 15 is 0 Å². The Balaban J connectivity index is 2.83. The summed E-state index contributed by atoms with van der Waals surface area (Å²) < 4.78 is 83.8. The Morgan fingerprint density at radius 3 is 2.23 bits per heavy atom. The predicted octanol–water partition coefficient (Wildman–Crippen LogP) is 6.77. The summed E-state index contributed by atoms with van der Waals surface area (Å²) in [6, 6.07) is 2.57. The summed E-state index contributed by atoms with van der Waals surface area (Å²) in [5, 5.41) is 11.8. The van der Waals surface area contributed by atoms with Crippen molar-refractivity contribution in [3.05, 3.63) is 33.4 Å². The van der Waals surface area contributed by atoms with E-state index in [1.807, 2.05) is 0 Å². The maximum atomic E-state index is 13.0. The summed E-state index contributed by atoms with van der Waals surface area (Å²) >= 11 is 11.2. The average Bonchev–Trinajstić information content (AvgIpc) is 2.89. The molecule has 0 aliphatic rings. The third kappa shape index (κ3) is 5.53. The average molecular weight is 491 g/mol. The van der Waals surface area contributed by atoms with E-state index in [-0.39, 0.29) is 18.2 Å². The standard InChI is InChI=1S/C16H10Cl2F6N4OS/c1-3-29-7(2)26-14-13(30-16(22,23)24)11(6-25)27-28(14)12-9(17)4-8(5-10(12)18)15(19,20)21/h4-5H,3H2,1-2H3. The quantitative estimate of drug-likeness (QED) is 0.205. The second-order valence-electron chi connectivity index (χ2n) is 5.42. The van der Waals surface area contributed by atoms with Gasteiger partial charge in [0.2, 0.25) is 0 Å². The van der Waals surface area contributed by atoms with E-state index < -0.39 is 55.5 Å². The van der Waals surface area contributed by atoms with Gasteiger partial charge in [-0.15, -0.1) is 0 Å². The molecule has 0 saturated heterocycles. The van der Waals surface area contributed by atoms with E-state index in [0.29, 0.717) is 16.8 Å². The van der Waals surface area contributed by atoms with Crippen molar-refractivity contribution >= 4 is 46.7 Å². The van der Waals surface area contributed by atoms with Crippen molar-refractivity contribution in [2.24, 2.45) is 4.99 Å².